The summed E-state index contributed by atoms with van der Waals surface area (Å²) in [7, 11) is 3.74. The second-order valence-electron chi connectivity index (χ2n) is 9.00. The number of hydrogen-bond acceptors (Lipinski definition) is 6. The molecular formula is C25H28FN5O3. The van der Waals surface area contributed by atoms with Gasteiger partial charge in [-0.15, -0.1) is 0 Å². The number of hydrogen-bond donors (Lipinski definition) is 1. The Labute approximate surface area is 197 Å². The lowest BCUT2D eigenvalue weighted by Crippen LogP contribution is -2.45. The summed E-state index contributed by atoms with van der Waals surface area (Å²) in [6.07, 6.45) is 1.57. The zero-order valence-corrected chi connectivity index (χ0v) is 19.5. The molecule has 0 spiro atoms. The summed E-state index contributed by atoms with van der Waals surface area (Å²) in [6, 6.07) is 10.4. The summed E-state index contributed by atoms with van der Waals surface area (Å²) < 4.78 is 23.3. The van der Waals surface area contributed by atoms with E-state index in [2.05, 4.69) is 10.3 Å². The number of nitrogens with one attached hydrogen (secondary N) is 1. The summed E-state index contributed by atoms with van der Waals surface area (Å²) in [6.45, 7) is 5.23. The molecule has 3 heterocycles. The summed E-state index contributed by atoms with van der Waals surface area (Å²) in [5, 5.41) is 1.70. The quantitative estimate of drug-likeness (QED) is 0.598. The van der Waals surface area contributed by atoms with Crippen molar-refractivity contribution in [2.75, 3.05) is 56.8 Å². The van der Waals surface area contributed by atoms with Crippen molar-refractivity contribution in [2.45, 2.75) is 13.0 Å². The molecule has 2 aliphatic heterocycles. The predicted molar refractivity (Wildman–Crippen MR) is 130 cm³/mol. The number of para-hydroxylation sites is 1. The number of benzene rings is 2. The van der Waals surface area contributed by atoms with Crippen molar-refractivity contribution in [2.24, 2.45) is 0 Å². The van der Waals surface area contributed by atoms with E-state index in [1.165, 1.54) is 6.07 Å². The highest BCUT2D eigenvalue weighted by Crippen LogP contribution is 2.42. The maximum absolute atomic E-state index is 15.5. The van der Waals surface area contributed by atoms with Crippen LogP contribution < -0.4 is 25.5 Å². The number of likely N-dealkylation sites (N-methyl/N-ethyl adjacent to an activating group) is 1. The number of hydrazine groups is 1. The van der Waals surface area contributed by atoms with Crippen LogP contribution in [0, 0.1) is 5.82 Å². The van der Waals surface area contributed by atoms with Crippen LogP contribution >= 0.6 is 0 Å². The van der Waals surface area contributed by atoms with Gasteiger partial charge < -0.3 is 19.1 Å². The third-order valence-electron chi connectivity index (χ3n) is 6.62. The number of halogens is 1. The topological polar surface area (TPSA) is 70.1 Å². The third kappa shape index (κ3) is 3.75. The second kappa shape index (κ2) is 8.64. The number of nitrogens with zero attached hydrogens (tertiary/aromatic N) is 4. The van der Waals surface area contributed by atoms with E-state index in [0.717, 1.165) is 18.8 Å². The number of anilines is 2. The molecule has 0 saturated carbocycles. The summed E-state index contributed by atoms with van der Waals surface area (Å²) in [5.74, 6) is -0.682. The first kappa shape index (κ1) is 22.2. The van der Waals surface area contributed by atoms with E-state index in [9.17, 15) is 9.59 Å². The summed E-state index contributed by atoms with van der Waals surface area (Å²) >= 11 is 0. The Kier molecular flexibility index (Phi) is 5.65. The molecule has 0 unspecified atom stereocenters. The minimum atomic E-state index is -0.550. The molecule has 0 aliphatic carbocycles. The van der Waals surface area contributed by atoms with Crippen LogP contribution in [-0.2, 0) is 0 Å². The highest BCUT2D eigenvalue weighted by atomic mass is 19.1. The van der Waals surface area contributed by atoms with Crippen LogP contribution in [0.2, 0.25) is 0 Å². The number of pyridine rings is 1. The molecule has 3 aromatic rings. The standard InChI is InChI=1S/C25H28FN5O3/c1-16-15-34-24-21-18(13-20(26)22(24)30-11-9-28(2)10-12-30)23(32)19(14-31(16)21)25(33)27-29(3)17-7-5-4-6-8-17/h4-8,13-14,16H,9-12,15H2,1-3H3,(H,27,33)/t16-/m0/s1. The first-order chi connectivity index (χ1) is 16.3. The average Bonchev–Trinajstić information content (AvgIpc) is 2.83. The number of amides is 1. The SMILES string of the molecule is C[C@H]1COc2c(N3CCN(C)CC3)c(F)cc3c(=O)c(C(=O)NN(C)c4ccccc4)cn1c23. The lowest BCUT2D eigenvalue weighted by atomic mass is 10.0. The lowest BCUT2D eigenvalue weighted by Gasteiger charge is -2.37. The average molecular weight is 466 g/mol. The molecule has 1 atom stereocenters. The Morgan fingerprint density at radius 3 is 2.59 bits per heavy atom. The molecule has 1 N–H and O–H groups in total. The molecule has 1 fully saturated rings. The Morgan fingerprint density at radius 1 is 1.18 bits per heavy atom. The van der Waals surface area contributed by atoms with Crippen molar-refractivity contribution >= 4 is 28.2 Å². The molecule has 9 heteroatoms. The zero-order chi connectivity index (χ0) is 24.0. The van der Waals surface area contributed by atoms with Crippen molar-refractivity contribution in [3.8, 4) is 5.75 Å². The highest BCUT2D eigenvalue weighted by molar-refractivity contribution is 6.00. The molecule has 0 radical (unpaired) electrons. The number of piperazine rings is 1. The Balaban J connectivity index is 1.59. The fourth-order valence-corrected chi connectivity index (χ4v) is 4.63. The number of ether oxygens (including phenoxy) is 1. The lowest BCUT2D eigenvalue weighted by molar-refractivity contribution is 0.0949. The normalized spacial score (nSPS) is 18.0. The molecule has 1 saturated heterocycles. The van der Waals surface area contributed by atoms with Crippen molar-refractivity contribution in [1.82, 2.24) is 14.9 Å². The molecule has 0 bridgehead atoms. The van der Waals surface area contributed by atoms with Gasteiger partial charge in [0.1, 0.15) is 17.9 Å². The van der Waals surface area contributed by atoms with Gasteiger partial charge in [0.25, 0.3) is 5.91 Å². The van der Waals surface area contributed by atoms with Gasteiger partial charge >= 0.3 is 0 Å². The highest BCUT2D eigenvalue weighted by Gasteiger charge is 2.31. The first-order valence-electron chi connectivity index (χ1n) is 11.4. The van der Waals surface area contributed by atoms with Gasteiger partial charge in [-0.05, 0) is 32.2 Å². The fraction of sp³-hybridized carbons (Fsp3) is 0.360. The van der Waals surface area contributed by atoms with Crippen molar-refractivity contribution in [3.05, 3.63) is 64.2 Å². The van der Waals surface area contributed by atoms with Crippen LogP contribution in [0.1, 0.15) is 23.3 Å². The Hall–Kier alpha value is -3.59. The zero-order valence-electron chi connectivity index (χ0n) is 19.5. The number of carbonyl (C=O) groups excluding carboxylic acids is 1. The van der Waals surface area contributed by atoms with Crippen LogP contribution in [0.15, 0.2) is 47.4 Å². The van der Waals surface area contributed by atoms with E-state index in [0.29, 0.717) is 36.6 Å². The minimum absolute atomic E-state index is 0.0401. The van der Waals surface area contributed by atoms with E-state index in [4.69, 9.17) is 4.74 Å². The maximum Gasteiger partial charge on any atom is 0.275 e. The van der Waals surface area contributed by atoms with Gasteiger partial charge in [-0.25, -0.2) is 4.39 Å². The molecular weight excluding hydrogens is 437 g/mol. The number of rotatable bonds is 4. The number of aromatic nitrogens is 1. The van der Waals surface area contributed by atoms with E-state index >= 15 is 4.39 Å². The smallest absolute Gasteiger partial charge is 0.275 e. The molecule has 5 rings (SSSR count). The molecule has 1 amide bonds. The maximum atomic E-state index is 15.5. The van der Waals surface area contributed by atoms with Crippen LogP contribution in [0.5, 0.6) is 5.75 Å². The largest absolute Gasteiger partial charge is 0.487 e. The Morgan fingerprint density at radius 2 is 1.88 bits per heavy atom. The van der Waals surface area contributed by atoms with E-state index in [1.807, 2.05) is 53.8 Å². The van der Waals surface area contributed by atoms with Crippen LogP contribution in [-0.4, -0.2) is 62.3 Å². The van der Waals surface area contributed by atoms with Gasteiger partial charge in [-0.1, -0.05) is 18.2 Å². The van der Waals surface area contributed by atoms with E-state index in [-0.39, 0.29) is 17.0 Å². The monoisotopic (exact) mass is 465 g/mol. The predicted octanol–water partition coefficient (Wildman–Crippen LogP) is 2.63. The second-order valence-corrected chi connectivity index (χ2v) is 9.00. The van der Waals surface area contributed by atoms with Gasteiger partial charge in [-0.2, -0.15) is 0 Å². The Bertz CT molecular complexity index is 1300. The van der Waals surface area contributed by atoms with Crippen LogP contribution in [0.4, 0.5) is 15.8 Å². The van der Waals surface area contributed by atoms with E-state index in [1.54, 1.807) is 18.3 Å². The third-order valence-corrected chi connectivity index (χ3v) is 6.62. The van der Waals surface area contributed by atoms with Crippen LogP contribution in [0.25, 0.3) is 10.9 Å². The van der Waals surface area contributed by atoms with E-state index < -0.39 is 17.2 Å². The molecule has 8 nitrogen and oxygen atoms in total. The molecule has 34 heavy (non-hydrogen) atoms. The van der Waals surface area contributed by atoms with Gasteiger partial charge in [0.05, 0.1) is 22.6 Å². The van der Waals surface area contributed by atoms with Gasteiger partial charge in [-0.3, -0.25) is 20.0 Å². The van der Waals surface area contributed by atoms with Crippen LogP contribution in [0.3, 0.4) is 0 Å². The van der Waals surface area contributed by atoms with Crippen molar-refractivity contribution in [3.63, 3.8) is 0 Å². The van der Waals surface area contributed by atoms with Crippen molar-refractivity contribution < 1.29 is 13.9 Å². The summed E-state index contributed by atoms with van der Waals surface area (Å²) in [5.41, 5.74) is 3.87. The summed E-state index contributed by atoms with van der Waals surface area (Å²) in [4.78, 5) is 30.7. The molecule has 178 valence electrons. The van der Waals surface area contributed by atoms with Gasteiger partial charge in [0.15, 0.2) is 11.6 Å². The first-order valence-corrected chi connectivity index (χ1v) is 11.4. The fourth-order valence-electron chi connectivity index (χ4n) is 4.63. The molecule has 1 aromatic heterocycles. The van der Waals surface area contributed by atoms with Gasteiger partial charge in [0.2, 0.25) is 5.43 Å². The minimum Gasteiger partial charge on any atom is -0.487 e. The van der Waals surface area contributed by atoms with Gasteiger partial charge in [0, 0.05) is 39.4 Å². The molecule has 2 aromatic carbocycles. The number of carbonyl (C=O) groups is 1. The van der Waals surface area contributed by atoms with Crippen molar-refractivity contribution in [1.29, 1.82) is 0 Å². The molecule has 2 aliphatic rings.